The Morgan fingerprint density at radius 3 is 2.38 bits per heavy atom. The molecule has 0 saturated heterocycles. The maximum atomic E-state index is 12.3. The van der Waals surface area contributed by atoms with Gasteiger partial charge in [0.15, 0.2) is 11.0 Å². The summed E-state index contributed by atoms with van der Waals surface area (Å²) in [5.41, 5.74) is 1.16. The average Bonchev–Trinajstić information content (AvgIpc) is 2.87. The van der Waals surface area contributed by atoms with Crippen LogP contribution in [-0.4, -0.2) is 18.4 Å². The van der Waals surface area contributed by atoms with Crippen molar-refractivity contribution in [2.24, 2.45) is 0 Å². The van der Waals surface area contributed by atoms with Gasteiger partial charge in [-0.1, -0.05) is 23.7 Å². The summed E-state index contributed by atoms with van der Waals surface area (Å²) in [6, 6.07) is 10.2. The Morgan fingerprint density at radius 2 is 1.76 bits per heavy atom. The van der Waals surface area contributed by atoms with Crippen LogP contribution in [0.3, 0.4) is 0 Å². The van der Waals surface area contributed by atoms with Crippen molar-refractivity contribution in [3.8, 4) is 0 Å². The van der Waals surface area contributed by atoms with Crippen LogP contribution >= 0.6 is 38.9 Å². The average molecular weight is 405 g/mol. The molecule has 108 valence electrons. The molecule has 1 aromatic carbocycles. The summed E-state index contributed by atoms with van der Waals surface area (Å²) in [6.07, 6.45) is 0. The smallest absolute Gasteiger partial charge is 0.260 e. The van der Waals surface area contributed by atoms with E-state index in [0.29, 0.717) is 11.0 Å². The number of hydrogen-bond donors (Lipinski definition) is 1. The number of fused-ring (bicyclic) bond motifs is 1. The molecule has 0 amide bonds. The number of benzene rings is 1. The first-order valence-corrected chi connectivity index (χ1v) is 9.13. The lowest BCUT2D eigenvalue weighted by Crippen LogP contribution is -2.13. The SMILES string of the molecule is O=S(=O)(Nc1nc2ccccc2nc1Cl)c1ccc(Br)s1. The maximum Gasteiger partial charge on any atom is 0.272 e. The Hall–Kier alpha value is -1.22. The third kappa shape index (κ3) is 3.03. The molecule has 0 aliphatic rings. The number of nitrogens with one attached hydrogen (secondary N) is 1. The molecule has 0 spiro atoms. The van der Waals surface area contributed by atoms with Crippen molar-refractivity contribution in [3.05, 3.63) is 45.3 Å². The van der Waals surface area contributed by atoms with E-state index in [9.17, 15) is 8.42 Å². The molecule has 0 aliphatic heterocycles. The highest BCUT2D eigenvalue weighted by Gasteiger charge is 2.19. The van der Waals surface area contributed by atoms with Crippen molar-refractivity contribution in [2.75, 3.05) is 4.72 Å². The highest BCUT2D eigenvalue weighted by atomic mass is 79.9. The molecule has 2 heterocycles. The van der Waals surface area contributed by atoms with E-state index in [1.54, 1.807) is 30.3 Å². The number of halogens is 2. The van der Waals surface area contributed by atoms with Crippen molar-refractivity contribution in [1.82, 2.24) is 9.97 Å². The van der Waals surface area contributed by atoms with Crippen LogP contribution in [0, 0.1) is 0 Å². The number of aromatic nitrogens is 2. The van der Waals surface area contributed by atoms with Gasteiger partial charge >= 0.3 is 0 Å². The zero-order chi connectivity index (χ0) is 15.0. The summed E-state index contributed by atoms with van der Waals surface area (Å²) >= 11 is 10.3. The zero-order valence-electron chi connectivity index (χ0n) is 10.2. The van der Waals surface area contributed by atoms with Gasteiger partial charge in [0.2, 0.25) is 0 Å². The summed E-state index contributed by atoms with van der Waals surface area (Å²) in [7, 11) is -3.73. The Balaban J connectivity index is 2.03. The standard InChI is InChI=1S/C12H7BrClN3O2S2/c13-9-5-6-10(20-9)21(18,19)17-12-11(14)15-7-3-1-2-4-8(7)16-12/h1-6H,(H,16,17). The first kappa shape index (κ1) is 14.7. The van der Waals surface area contributed by atoms with Gasteiger partial charge in [-0.25, -0.2) is 18.4 Å². The predicted octanol–water partition coefficient (Wildman–Crippen LogP) is 3.91. The second kappa shape index (κ2) is 5.53. The van der Waals surface area contributed by atoms with E-state index in [-0.39, 0.29) is 15.2 Å². The van der Waals surface area contributed by atoms with E-state index in [2.05, 4.69) is 30.6 Å². The second-order valence-electron chi connectivity index (χ2n) is 4.02. The Labute approximate surface area is 138 Å². The van der Waals surface area contributed by atoms with Crippen LogP contribution in [0.5, 0.6) is 0 Å². The topological polar surface area (TPSA) is 72.0 Å². The van der Waals surface area contributed by atoms with Gasteiger partial charge in [-0.2, -0.15) is 0 Å². The molecule has 21 heavy (non-hydrogen) atoms. The third-order valence-corrected chi connectivity index (χ3v) is 6.29. The lowest BCUT2D eigenvalue weighted by Gasteiger charge is -2.07. The molecule has 3 aromatic rings. The Kier molecular flexibility index (Phi) is 3.87. The van der Waals surface area contributed by atoms with Crippen LogP contribution in [0.2, 0.25) is 5.15 Å². The monoisotopic (exact) mass is 403 g/mol. The number of hydrogen-bond acceptors (Lipinski definition) is 5. The predicted molar refractivity (Wildman–Crippen MR) is 87.4 cm³/mol. The quantitative estimate of drug-likeness (QED) is 0.718. The van der Waals surface area contributed by atoms with Crippen LogP contribution in [0.25, 0.3) is 11.0 Å². The van der Waals surface area contributed by atoms with Gasteiger partial charge < -0.3 is 0 Å². The lowest BCUT2D eigenvalue weighted by molar-refractivity contribution is 0.603. The molecule has 2 aromatic heterocycles. The maximum absolute atomic E-state index is 12.3. The second-order valence-corrected chi connectivity index (χ2v) is 8.75. The minimum atomic E-state index is -3.73. The first-order valence-electron chi connectivity index (χ1n) is 5.66. The molecule has 9 heteroatoms. The van der Waals surface area contributed by atoms with Crippen LogP contribution < -0.4 is 4.72 Å². The normalized spacial score (nSPS) is 11.7. The number of sulfonamides is 1. The Bertz CT molecular complexity index is 927. The van der Waals surface area contributed by atoms with Gasteiger partial charge in [0.05, 0.1) is 14.8 Å². The largest absolute Gasteiger partial charge is 0.272 e. The first-order chi connectivity index (χ1) is 9.95. The molecule has 0 radical (unpaired) electrons. The zero-order valence-corrected chi connectivity index (χ0v) is 14.2. The fourth-order valence-corrected chi connectivity index (χ4v) is 4.92. The summed E-state index contributed by atoms with van der Waals surface area (Å²) < 4.78 is 27.8. The van der Waals surface area contributed by atoms with Gasteiger partial charge in [-0.05, 0) is 40.2 Å². The molecule has 3 rings (SSSR count). The van der Waals surface area contributed by atoms with E-state index in [1.807, 2.05) is 0 Å². The van der Waals surface area contributed by atoms with Crippen LogP contribution in [0.15, 0.2) is 44.4 Å². The molecule has 0 saturated carbocycles. The molecule has 0 atom stereocenters. The van der Waals surface area contributed by atoms with Crippen LogP contribution in [-0.2, 0) is 10.0 Å². The minimum Gasteiger partial charge on any atom is -0.260 e. The molecule has 5 nitrogen and oxygen atoms in total. The van der Waals surface area contributed by atoms with Crippen molar-refractivity contribution in [2.45, 2.75) is 4.21 Å². The summed E-state index contributed by atoms with van der Waals surface area (Å²) in [5.74, 6) is 0.0138. The van der Waals surface area contributed by atoms with Gasteiger partial charge in [-0.15, -0.1) is 11.3 Å². The van der Waals surface area contributed by atoms with Crippen molar-refractivity contribution in [3.63, 3.8) is 0 Å². The van der Waals surface area contributed by atoms with E-state index < -0.39 is 10.0 Å². The van der Waals surface area contributed by atoms with Crippen molar-refractivity contribution < 1.29 is 8.42 Å². The van der Waals surface area contributed by atoms with Gasteiger partial charge in [0, 0.05) is 0 Å². The van der Waals surface area contributed by atoms with Crippen LogP contribution in [0.4, 0.5) is 5.82 Å². The van der Waals surface area contributed by atoms with E-state index in [0.717, 1.165) is 15.1 Å². The highest BCUT2D eigenvalue weighted by molar-refractivity contribution is 9.11. The molecule has 0 unspecified atom stereocenters. The number of para-hydroxylation sites is 2. The molecule has 1 N–H and O–H groups in total. The third-order valence-electron chi connectivity index (χ3n) is 2.57. The van der Waals surface area contributed by atoms with Crippen LogP contribution in [0.1, 0.15) is 0 Å². The summed E-state index contributed by atoms with van der Waals surface area (Å²) in [4.78, 5) is 8.33. The number of anilines is 1. The molecule has 0 bridgehead atoms. The molecule has 0 fully saturated rings. The van der Waals surface area contributed by atoms with E-state index in [4.69, 9.17) is 11.6 Å². The fraction of sp³-hybridized carbons (Fsp3) is 0. The minimum absolute atomic E-state index is 0.00731. The van der Waals surface area contributed by atoms with Crippen molar-refractivity contribution >= 4 is 65.7 Å². The fourth-order valence-electron chi connectivity index (χ4n) is 1.66. The Morgan fingerprint density at radius 1 is 1.10 bits per heavy atom. The number of nitrogens with zero attached hydrogens (tertiary/aromatic N) is 2. The highest BCUT2D eigenvalue weighted by Crippen LogP contribution is 2.29. The molecular formula is C12H7BrClN3O2S2. The van der Waals surface area contributed by atoms with Gasteiger partial charge in [0.25, 0.3) is 10.0 Å². The summed E-state index contributed by atoms with van der Waals surface area (Å²) in [5, 5.41) is 0.00731. The van der Waals surface area contributed by atoms with Crippen molar-refractivity contribution in [1.29, 1.82) is 0 Å². The van der Waals surface area contributed by atoms with Gasteiger partial charge in [0.1, 0.15) is 4.21 Å². The van der Waals surface area contributed by atoms with Gasteiger partial charge in [-0.3, -0.25) is 4.72 Å². The van der Waals surface area contributed by atoms with E-state index in [1.165, 1.54) is 6.07 Å². The lowest BCUT2D eigenvalue weighted by atomic mass is 10.3. The number of thiophene rings is 1. The number of rotatable bonds is 3. The van der Waals surface area contributed by atoms with E-state index >= 15 is 0 Å². The molecule has 0 aliphatic carbocycles. The molecular weight excluding hydrogens is 398 g/mol. The summed E-state index contributed by atoms with van der Waals surface area (Å²) in [6.45, 7) is 0.